The van der Waals surface area contributed by atoms with Gasteiger partial charge >= 0.3 is 0 Å². The highest BCUT2D eigenvalue weighted by Crippen LogP contribution is 2.32. The van der Waals surface area contributed by atoms with Crippen LogP contribution in [0.2, 0.25) is 0 Å². The molecule has 2 aliphatic rings. The van der Waals surface area contributed by atoms with Gasteiger partial charge in [-0.15, -0.1) is 0 Å². The van der Waals surface area contributed by atoms with Crippen LogP contribution < -0.4 is 16.0 Å². The van der Waals surface area contributed by atoms with E-state index >= 15 is 0 Å². The maximum Gasteiger partial charge on any atom is 0.257 e. The zero-order valence-corrected chi connectivity index (χ0v) is 20.6. The van der Waals surface area contributed by atoms with E-state index < -0.39 is 0 Å². The fraction of sp³-hybridized carbons (Fsp3) is 0.267. The van der Waals surface area contributed by atoms with Crippen LogP contribution in [0.15, 0.2) is 79.0 Å². The van der Waals surface area contributed by atoms with E-state index in [-0.39, 0.29) is 17.9 Å². The molecule has 0 aromatic heterocycles. The van der Waals surface area contributed by atoms with Crippen molar-refractivity contribution in [1.82, 2.24) is 10.2 Å². The topological polar surface area (TPSA) is 73.5 Å². The van der Waals surface area contributed by atoms with Gasteiger partial charge in [-0.25, -0.2) is 0 Å². The molecule has 6 nitrogen and oxygen atoms in total. The fourth-order valence-electron chi connectivity index (χ4n) is 4.82. The zero-order valence-electron chi connectivity index (χ0n) is 20.6. The van der Waals surface area contributed by atoms with E-state index in [1.54, 1.807) is 24.4 Å². The highest BCUT2D eigenvalue weighted by atomic mass is 16.2. The number of carbonyl (C=O) groups is 2. The number of nitrogens with one attached hydrogen (secondary N) is 3. The van der Waals surface area contributed by atoms with E-state index in [9.17, 15) is 9.59 Å². The van der Waals surface area contributed by atoms with E-state index in [4.69, 9.17) is 0 Å². The van der Waals surface area contributed by atoms with Crippen molar-refractivity contribution in [3.05, 3.63) is 101 Å². The number of rotatable bonds is 7. The summed E-state index contributed by atoms with van der Waals surface area (Å²) in [6.45, 7) is 5.28. The summed E-state index contributed by atoms with van der Waals surface area (Å²) in [6.07, 6.45) is 5.62. The number of likely N-dealkylation sites (tertiary alicyclic amines) is 1. The van der Waals surface area contributed by atoms with Gasteiger partial charge in [0, 0.05) is 35.2 Å². The van der Waals surface area contributed by atoms with Gasteiger partial charge in [0.05, 0.1) is 11.6 Å². The van der Waals surface area contributed by atoms with Gasteiger partial charge in [0.1, 0.15) is 0 Å². The van der Waals surface area contributed by atoms with Crippen LogP contribution in [0.1, 0.15) is 59.3 Å². The summed E-state index contributed by atoms with van der Waals surface area (Å²) < 4.78 is 0. The number of anilines is 2. The van der Waals surface area contributed by atoms with Crippen molar-refractivity contribution in [2.45, 2.75) is 38.8 Å². The van der Waals surface area contributed by atoms with Crippen LogP contribution in [0.25, 0.3) is 5.57 Å². The minimum Gasteiger partial charge on any atom is -0.361 e. The quantitative estimate of drug-likeness (QED) is 0.387. The van der Waals surface area contributed by atoms with E-state index in [0.717, 1.165) is 17.8 Å². The highest BCUT2D eigenvalue weighted by molar-refractivity contribution is 6.32. The van der Waals surface area contributed by atoms with Gasteiger partial charge in [0.2, 0.25) is 0 Å². The Hall–Kier alpha value is -3.90. The first-order chi connectivity index (χ1) is 17.6. The average molecular weight is 481 g/mol. The fourth-order valence-corrected chi connectivity index (χ4v) is 4.82. The van der Waals surface area contributed by atoms with E-state index in [2.05, 4.69) is 33.0 Å². The van der Waals surface area contributed by atoms with Gasteiger partial charge in [-0.2, -0.15) is 0 Å². The summed E-state index contributed by atoms with van der Waals surface area (Å²) in [4.78, 5) is 28.1. The molecule has 6 heteroatoms. The van der Waals surface area contributed by atoms with Gasteiger partial charge in [-0.1, -0.05) is 48.9 Å². The molecule has 2 amide bonds. The first-order valence-corrected chi connectivity index (χ1v) is 12.7. The number of hydrogen-bond donors (Lipinski definition) is 3. The predicted molar refractivity (Wildman–Crippen MR) is 145 cm³/mol. The van der Waals surface area contributed by atoms with Crippen molar-refractivity contribution >= 4 is 28.8 Å². The van der Waals surface area contributed by atoms with Crippen LogP contribution in [0.4, 0.5) is 11.4 Å². The number of benzene rings is 3. The Morgan fingerprint density at radius 2 is 1.75 bits per heavy atom. The lowest BCUT2D eigenvalue weighted by molar-refractivity contribution is -0.110. The lowest BCUT2D eigenvalue weighted by atomic mass is 10.0. The second-order valence-electron chi connectivity index (χ2n) is 9.56. The molecule has 2 heterocycles. The Morgan fingerprint density at radius 1 is 1.00 bits per heavy atom. The lowest BCUT2D eigenvalue weighted by Crippen LogP contribution is -2.29. The molecule has 1 atom stereocenters. The van der Waals surface area contributed by atoms with E-state index in [1.165, 1.54) is 37.9 Å². The highest BCUT2D eigenvalue weighted by Gasteiger charge is 2.25. The first-order valence-electron chi connectivity index (χ1n) is 12.7. The van der Waals surface area contributed by atoms with Crippen molar-refractivity contribution < 1.29 is 9.59 Å². The monoisotopic (exact) mass is 480 g/mol. The Kier molecular flexibility index (Phi) is 7.14. The van der Waals surface area contributed by atoms with Gasteiger partial charge in [0.25, 0.3) is 11.8 Å². The summed E-state index contributed by atoms with van der Waals surface area (Å²) in [5, 5.41) is 9.18. The molecule has 2 aliphatic heterocycles. The first kappa shape index (κ1) is 23.8. The Labute approximate surface area is 212 Å². The molecule has 0 unspecified atom stereocenters. The summed E-state index contributed by atoms with van der Waals surface area (Å²) in [7, 11) is 0. The molecule has 3 aromatic carbocycles. The molecule has 1 fully saturated rings. The largest absolute Gasteiger partial charge is 0.361 e. The number of carbonyl (C=O) groups excluding carboxylic acids is 2. The van der Waals surface area contributed by atoms with Crippen molar-refractivity contribution in [3.63, 3.8) is 0 Å². The number of hydrogen-bond acceptors (Lipinski definition) is 4. The summed E-state index contributed by atoms with van der Waals surface area (Å²) >= 11 is 0. The molecule has 1 saturated heterocycles. The maximum absolute atomic E-state index is 12.9. The molecule has 0 radical (unpaired) electrons. The normalized spacial score (nSPS) is 17.4. The minimum atomic E-state index is -0.186. The van der Waals surface area contributed by atoms with Crippen LogP contribution in [-0.2, 0) is 11.3 Å². The average Bonchev–Trinajstić information content (AvgIpc) is 3.23. The van der Waals surface area contributed by atoms with Crippen molar-refractivity contribution in [3.8, 4) is 0 Å². The summed E-state index contributed by atoms with van der Waals surface area (Å²) in [5.74, 6) is -0.362. The third kappa shape index (κ3) is 5.50. The SMILES string of the molecule is C[C@@H](NC(=O)c1ccc2c(c1)C(=CNc1ccc(CN3CCCCC3)cc1)C(=O)N2)c1ccccc1. The molecule has 0 spiro atoms. The predicted octanol–water partition coefficient (Wildman–Crippen LogP) is 5.57. The smallest absolute Gasteiger partial charge is 0.257 e. The number of fused-ring (bicyclic) bond motifs is 1. The van der Waals surface area contributed by atoms with Gasteiger partial charge in [0.15, 0.2) is 0 Å². The third-order valence-electron chi connectivity index (χ3n) is 6.90. The van der Waals surface area contributed by atoms with Crippen molar-refractivity contribution in [2.75, 3.05) is 23.7 Å². The molecule has 0 aliphatic carbocycles. The Bertz CT molecular complexity index is 1260. The van der Waals surface area contributed by atoms with Gasteiger partial charge in [-0.05, 0) is 74.3 Å². The van der Waals surface area contributed by atoms with Crippen LogP contribution in [0.5, 0.6) is 0 Å². The minimum absolute atomic E-state index is 0.124. The standard InChI is InChI=1S/C30H32N4O2/c1-21(23-8-4-2-5-9-23)32-29(35)24-12-15-28-26(18-24)27(30(36)33-28)19-31-25-13-10-22(11-14-25)20-34-16-6-3-7-17-34/h2,4-5,8-15,18-19,21,31H,3,6-7,16-17,20H2,1H3,(H,32,35)(H,33,36)/t21-/m1/s1. The third-order valence-corrected chi connectivity index (χ3v) is 6.90. The lowest BCUT2D eigenvalue weighted by Gasteiger charge is -2.26. The maximum atomic E-state index is 12.9. The molecule has 0 saturated carbocycles. The van der Waals surface area contributed by atoms with E-state index in [1.807, 2.05) is 49.4 Å². The zero-order chi connectivity index (χ0) is 24.9. The molecule has 3 N–H and O–H groups in total. The molecule has 5 rings (SSSR count). The molecular weight excluding hydrogens is 448 g/mol. The second-order valence-corrected chi connectivity index (χ2v) is 9.56. The van der Waals surface area contributed by atoms with Crippen molar-refractivity contribution in [1.29, 1.82) is 0 Å². The number of nitrogens with zero attached hydrogens (tertiary/aromatic N) is 1. The second kappa shape index (κ2) is 10.8. The van der Waals surface area contributed by atoms with Crippen LogP contribution in [0, 0.1) is 0 Å². The Balaban J connectivity index is 1.26. The molecule has 184 valence electrons. The van der Waals surface area contributed by atoms with E-state index in [0.29, 0.717) is 22.4 Å². The van der Waals surface area contributed by atoms with Gasteiger partial charge < -0.3 is 16.0 Å². The number of piperidine rings is 1. The van der Waals surface area contributed by atoms with Crippen molar-refractivity contribution in [2.24, 2.45) is 0 Å². The molecule has 36 heavy (non-hydrogen) atoms. The van der Waals surface area contributed by atoms with Gasteiger partial charge in [-0.3, -0.25) is 14.5 Å². The van der Waals surface area contributed by atoms with Crippen LogP contribution in [-0.4, -0.2) is 29.8 Å². The van der Waals surface area contributed by atoms with Crippen LogP contribution in [0.3, 0.4) is 0 Å². The van der Waals surface area contributed by atoms with Crippen LogP contribution >= 0.6 is 0 Å². The molecule has 3 aromatic rings. The summed E-state index contributed by atoms with van der Waals surface area (Å²) in [5.41, 5.74) is 5.69. The molecular formula is C30H32N4O2. The summed E-state index contributed by atoms with van der Waals surface area (Å²) in [6, 6.07) is 23.4. The number of amides is 2. The molecule has 0 bridgehead atoms. The Morgan fingerprint density at radius 3 is 2.50 bits per heavy atom.